The van der Waals surface area contributed by atoms with Crippen LogP contribution >= 0.6 is 7.37 Å². The summed E-state index contributed by atoms with van der Waals surface area (Å²) in [6.07, 6.45) is 1.18. The first kappa shape index (κ1) is 15.3. The molecule has 0 spiro atoms. The molecule has 1 aromatic rings. The van der Waals surface area contributed by atoms with Crippen LogP contribution in [0, 0.1) is 11.8 Å². The van der Waals surface area contributed by atoms with Crippen molar-refractivity contribution in [1.82, 2.24) is 5.32 Å². The van der Waals surface area contributed by atoms with Gasteiger partial charge >= 0.3 is 0 Å². The largest absolute Gasteiger partial charge is 0.344 e. The first-order valence-electron chi connectivity index (χ1n) is 7.04. The van der Waals surface area contributed by atoms with E-state index in [1.807, 2.05) is 44.2 Å². The Labute approximate surface area is 120 Å². The maximum atomic E-state index is 12.4. The van der Waals surface area contributed by atoms with E-state index in [9.17, 15) is 14.3 Å². The highest BCUT2D eigenvalue weighted by molar-refractivity contribution is 7.59. The summed E-state index contributed by atoms with van der Waals surface area (Å²) in [5, 5.41) is 2.76. The highest BCUT2D eigenvalue weighted by atomic mass is 31.2. The van der Waals surface area contributed by atoms with E-state index >= 15 is 0 Å². The van der Waals surface area contributed by atoms with Crippen LogP contribution < -0.4 is 5.32 Å². The Kier molecular flexibility index (Phi) is 4.66. The summed E-state index contributed by atoms with van der Waals surface area (Å²) in [7, 11) is -3.34. The van der Waals surface area contributed by atoms with Crippen molar-refractivity contribution in [3.8, 4) is 0 Å². The van der Waals surface area contributed by atoms with Gasteiger partial charge in [-0.2, -0.15) is 0 Å². The minimum absolute atomic E-state index is 0.0832. The van der Waals surface area contributed by atoms with E-state index in [2.05, 4.69) is 5.32 Å². The molecule has 0 radical (unpaired) electrons. The van der Waals surface area contributed by atoms with E-state index in [1.165, 1.54) is 0 Å². The third-order valence-electron chi connectivity index (χ3n) is 3.68. The second-order valence-corrected chi connectivity index (χ2v) is 8.48. The van der Waals surface area contributed by atoms with Gasteiger partial charge in [-0.15, -0.1) is 0 Å². The summed E-state index contributed by atoms with van der Waals surface area (Å²) in [5.74, 6) is -0.727. The highest BCUT2D eigenvalue weighted by Crippen LogP contribution is 2.51. The molecule has 1 aliphatic heterocycles. The van der Waals surface area contributed by atoms with Crippen molar-refractivity contribution in [2.24, 2.45) is 11.8 Å². The lowest BCUT2D eigenvalue weighted by molar-refractivity contribution is -0.125. The smallest absolute Gasteiger partial charge is 0.224 e. The summed E-state index contributed by atoms with van der Waals surface area (Å²) in [5.41, 5.74) is 0.967. The molecule has 0 bridgehead atoms. The molecule has 1 aromatic carbocycles. The molecule has 0 aromatic heterocycles. The molecule has 3 atom stereocenters. The number of hydrogen-bond donors (Lipinski definition) is 2. The van der Waals surface area contributed by atoms with E-state index < -0.39 is 13.2 Å². The minimum Gasteiger partial charge on any atom is -0.344 e. The quantitative estimate of drug-likeness (QED) is 0.839. The molecule has 1 amide bonds. The fourth-order valence-electron chi connectivity index (χ4n) is 2.69. The number of carbonyl (C=O) groups excluding carboxylic acids is 1. The van der Waals surface area contributed by atoms with Crippen molar-refractivity contribution in [2.45, 2.75) is 32.5 Å². The topological polar surface area (TPSA) is 66.4 Å². The van der Waals surface area contributed by atoms with Crippen LogP contribution in [-0.4, -0.2) is 22.7 Å². The monoisotopic (exact) mass is 295 g/mol. The lowest BCUT2D eigenvalue weighted by Gasteiger charge is -2.34. The van der Waals surface area contributed by atoms with Crippen LogP contribution in [0.1, 0.15) is 25.8 Å². The Bertz CT molecular complexity index is 515. The Morgan fingerprint density at radius 2 is 2.00 bits per heavy atom. The molecule has 1 aliphatic rings. The molecule has 20 heavy (non-hydrogen) atoms. The lowest BCUT2D eigenvalue weighted by Crippen LogP contribution is -2.47. The molecule has 1 heterocycles. The number of nitrogens with one attached hydrogen (secondary N) is 1. The molecule has 4 nitrogen and oxygen atoms in total. The average molecular weight is 295 g/mol. The fourth-order valence-corrected chi connectivity index (χ4v) is 4.72. The zero-order valence-corrected chi connectivity index (χ0v) is 12.8. The van der Waals surface area contributed by atoms with Gasteiger partial charge in [-0.1, -0.05) is 44.2 Å². The van der Waals surface area contributed by atoms with Crippen LogP contribution in [-0.2, 0) is 15.8 Å². The maximum absolute atomic E-state index is 12.4. The van der Waals surface area contributed by atoms with Crippen LogP contribution in [0.3, 0.4) is 0 Å². The molecule has 0 saturated carbocycles. The molecular weight excluding hydrogens is 273 g/mol. The second-order valence-electron chi connectivity index (χ2n) is 5.98. The van der Waals surface area contributed by atoms with Crippen LogP contribution in [0.15, 0.2) is 30.3 Å². The Morgan fingerprint density at radius 3 is 2.60 bits per heavy atom. The lowest BCUT2D eigenvalue weighted by atomic mass is 9.97. The number of amides is 1. The number of rotatable bonds is 4. The van der Waals surface area contributed by atoms with Crippen LogP contribution in [0.2, 0.25) is 0 Å². The zero-order valence-electron chi connectivity index (χ0n) is 12.0. The van der Waals surface area contributed by atoms with Crippen molar-refractivity contribution in [1.29, 1.82) is 0 Å². The average Bonchev–Trinajstić information content (AvgIpc) is 2.36. The first-order valence-corrected chi connectivity index (χ1v) is 8.95. The van der Waals surface area contributed by atoms with E-state index in [-0.39, 0.29) is 18.0 Å². The minimum atomic E-state index is -3.34. The molecule has 110 valence electrons. The molecule has 2 N–H and O–H groups in total. The summed E-state index contributed by atoms with van der Waals surface area (Å²) in [6, 6.07) is 9.51. The number of carbonyl (C=O) groups is 1. The SMILES string of the molecule is CC(C)CC1CP(=O)(O)C(Cc2ccccc2)NC1=O. The summed E-state index contributed by atoms with van der Waals surface area (Å²) >= 11 is 0. The van der Waals surface area contributed by atoms with Gasteiger partial charge < -0.3 is 10.2 Å². The molecule has 2 rings (SSSR count). The predicted octanol–water partition coefficient (Wildman–Crippen LogP) is 2.62. The third kappa shape index (κ3) is 3.71. The predicted molar refractivity (Wildman–Crippen MR) is 79.7 cm³/mol. The maximum Gasteiger partial charge on any atom is 0.224 e. The van der Waals surface area contributed by atoms with Gasteiger partial charge in [0.2, 0.25) is 13.3 Å². The molecule has 0 aliphatic carbocycles. The van der Waals surface area contributed by atoms with Gasteiger partial charge in [-0.3, -0.25) is 9.36 Å². The second kappa shape index (κ2) is 6.11. The normalized spacial score (nSPS) is 30.3. The van der Waals surface area contributed by atoms with Crippen molar-refractivity contribution in [3.63, 3.8) is 0 Å². The van der Waals surface area contributed by atoms with E-state index in [0.29, 0.717) is 18.8 Å². The van der Waals surface area contributed by atoms with E-state index in [4.69, 9.17) is 0 Å². The van der Waals surface area contributed by atoms with Crippen LogP contribution in [0.4, 0.5) is 0 Å². The molecular formula is C15H22NO3P. The van der Waals surface area contributed by atoms with E-state index in [1.54, 1.807) is 0 Å². The summed E-state index contributed by atoms with van der Waals surface area (Å²) < 4.78 is 12.4. The highest BCUT2D eigenvalue weighted by Gasteiger charge is 2.42. The molecule has 1 fully saturated rings. The van der Waals surface area contributed by atoms with Gasteiger partial charge in [0.25, 0.3) is 0 Å². The van der Waals surface area contributed by atoms with Gasteiger partial charge in [-0.25, -0.2) is 0 Å². The number of hydrogen-bond acceptors (Lipinski definition) is 2. The van der Waals surface area contributed by atoms with Crippen molar-refractivity contribution in [3.05, 3.63) is 35.9 Å². The van der Waals surface area contributed by atoms with Crippen molar-refractivity contribution >= 4 is 13.3 Å². The summed E-state index contributed by atoms with van der Waals surface area (Å²) in [6.45, 7) is 4.04. The van der Waals surface area contributed by atoms with Crippen LogP contribution in [0.25, 0.3) is 0 Å². The Morgan fingerprint density at radius 1 is 1.35 bits per heavy atom. The van der Waals surface area contributed by atoms with Gasteiger partial charge in [-0.05, 0) is 17.9 Å². The van der Waals surface area contributed by atoms with Gasteiger partial charge in [0, 0.05) is 18.5 Å². The van der Waals surface area contributed by atoms with Crippen molar-refractivity contribution < 1.29 is 14.3 Å². The van der Waals surface area contributed by atoms with Gasteiger partial charge in [0.05, 0.1) is 0 Å². The Balaban J connectivity index is 2.09. The molecule has 1 saturated heterocycles. The third-order valence-corrected chi connectivity index (χ3v) is 5.93. The number of benzene rings is 1. The zero-order chi connectivity index (χ0) is 14.8. The summed E-state index contributed by atoms with van der Waals surface area (Å²) in [4.78, 5) is 22.3. The van der Waals surface area contributed by atoms with E-state index in [0.717, 1.165) is 5.56 Å². The molecule has 3 unspecified atom stereocenters. The van der Waals surface area contributed by atoms with Gasteiger partial charge in [0.15, 0.2) is 0 Å². The fraction of sp³-hybridized carbons (Fsp3) is 0.533. The first-order chi connectivity index (χ1) is 9.38. The van der Waals surface area contributed by atoms with Crippen LogP contribution in [0.5, 0.6) is 0 Å². The van der Waals surface area contributed by atoms with Gasteiger partial charge in [0.1, 0.15) is 5.78 Å². The Hall–Kier alpha value is -1.12. The van der Waals surface area contributed by atoms with Crippen molar-refractivity contribution in [2.75, 3.05) is 6.16 Å². The molecule has 5 heteroatoms. The standard InChI is InChI=1S/C15H22NO3P/c1-11(2)8-13-10-20(18,19)14(16-15(13)17)9-12-6-4-3-5-7-12/h3-7,11,13-14H,8-10H2,1-2H3,(H,16,17)(H,18,19).